The van der Waals surface area contributed by atoms with Crippen LogP contribution >= 0.6 is 0 Å². The number of hydrogen-bond acceptors (Lipinski definition) is 3. The number of aliphatic hydroxyl groups excluding tert-OH is 1. The van der Waals surface area contributed by atoms with E-state index in [1.807, 2.05) is 0 Å². The van der Waals surface area contributed by atoms with Crippen LogP contribution in [0.2, 0.25) is 0 Å². The standard InChI is InChI=1S/C3H7NO3/c4-3(6)1-7-2-5/h5H,1-2H2,(H2,4,6). The van der Waals surface area contributed by atoms with Gasteiger partial charge in [-0.3, -0.25) is 4.79 Å². The lowest BCUT2D eigenvalue weighted by Crippen LogP contribution is -2.18. The topological polar surface area (TPSA) is 72.6 Å². The molecule has 0 aromatic carbocycles. The van der Waals surface area contributed by atoms with Crippen LogP contribution in [0.3, 0.4) is 0 Å². The van der Waals surface area contributed by atoms with Crippen molar-refractivity contribution in [3.8, 4) is 0 Å². The first-order valence-corrected chi connectivity index (χ1v) is 1.74. The third-order valence-electron chi connectivity index (χ3n) is 0.336. The van der Waals surface area contributed by atoms with Crippen molar-refractivity contribution in [2.75, 3.05) is 13.4 Å². The predicted octanol–water partition coefficient (Wildman–Crippen LogP) is -1.56. The lowest BCUT2D eigenvalue weighted by atomic mass is 10.7. The molecule has 3 N–H and O–H groups in total. The molecule has 0 saturated carbocycles. The van der Waals surface area contributed by atoms with Crippen molar-refractivity contribution in [3.63, 3.8) is 0 Å². The van der Waals surface area contributed by atoms with Crippen LogP contribution in [0.5, 0.6) is 0 Å². The molecule has 0 saturated heterocycles. The minimum absolute atomic E-state index is 0.212. The average Bonchev–Trinajstić information content (AvgIpc) is 1.61. The Balaban J connectivity index is 2.82. The summed E-state index contributed by atoms with van der Waals surface area (Å²) in [6, 6.07) is 0. The maximum atomic E-state index is 9.74. The molecule has 0 rings (SSSR count). The summed E-state index contributed by atoms with van der Waals surface area (Å²) < 4.78 is 4.18. The van der Waals surface area contributed by atoms with Crippen LogP contribution in [0.15, 0.2) is 0 Å². The van der Waals surface area contributed by atoms with Crippen LogP contribution in [-0.2, 0) is 9.53 Å². The van der Waals surface area contributed by atoms with Gasteiger partial charge in [0, 0.05) is 0 Å². The number of hydrogen-bond donors (Lipinski definition) is 2. The van der Waals surface area contributed by atoms with Crippen LogP contribution in [-0.4, -0.2) is 24.4 Å². The molecular formula is C3H7NO3. The Morgan fingerprint density at radius 1 is 1.86 bits per heavy atom. The largest absolute Gasteiger partial charge is 0.371 e. The fraction of sp³-hybridized carbons (Fsp3) is 0.667. The third-order valence-corrected chi connectivity index (χ3v) is 0.336. The number of carbonyl (C=O) groups excluding carboxylic acids is 1. The summed E-state index contributed by atoms with van der Waals surface area (Å²) in [6.45, 7) is -0.667. The van der Waals surface area contributed by atoms with Gasteiger partial charge in [-0.2, -0.15) is 0 Å². The van der Waals surface area contributed by atoms with Gasteiger partial charge in [-0.25, -0.2) is 0 Å². The van der Waals surface area contributed by atoms with E-state index in [0.717, 1.165) is 0 Å². The van der Waals surface area contributed by atoms with Gasteiger partial charge >= 0.3 is 0 Å². The van der Waals surface area contributed by atoms with Crippen molar-refractivity contribution < 1.29 is 14.6 Å². The van der Waals surface area contributed by atoms with Crippen molar-refractivity contribution in [1.82, 2.24) is 0 Å². The highest BCUT2D eigenvalue weighted by molar-refractivity contribution is 5.74. The minimum atomic E-state index is -0.575. The predicted molar refractivity (Wildman–Crippen MR) is 22.2 cm³/mol. The zero-order chi connectivity index (χ0) is 5.70. The van der Waals surface area contributed by atoms with Gasteiger partial charge in [0.05, 0.1) is 0 Å². The Morgan fingerprint density at radius 3 is 2.57 bits per heavy atom. The number of ether oxygens (including phenoxy) is 1. The third kappa shape index (κ3) is 5.39. The van der Waals surface area contributed by atoms with Crippen molar-refractivity contribution in [3.05, 3.63) is 0 Å². The van der Waals surface area contributed by atoms with Gasteiger partial charge in [0.1, 0.15) is 13.4 Å². The first-order chi connectivity index (χ1) is 3.27. The van der Waals surface area contributed by atoms with Gasteiger partial charge in [0.15, 0.2) is 0 Å². The van der Waals surface area contributed by atoms with E-state index < -0.39 is 12.7 Å². The first-order valence-electron chi connectivity index (χ1n) is 1.74. The molecule has 0 unspecified atom stereocenters. The number of nitrogens with two attached hydrogens (primary N) is 1. The minimum Gasteiger partial charge on any atom is -0.371 e. The van der Waals surface area contributed by atoms with Gasteiger partial charge in [-0.05, 0) is 0 Å². The molecule has 0 spiro atoms. The van der Waals surface area contributed by atoms with E-state index in [1.54, 1.807) is 0 Å². The van der Waals surface area contributed by atoms with E-state index in [-0.39, 0.29) is 6.61 Å². The molecule has 0 aliphatic heterocycles. The lowest BCUT2D eigenvalue weighted by molar-refractivity contribution is -0.125. The lowest BCUT2D eigenvalue weighted by Gasteiger charge is -1.90. The number of primary amides is 1. The van der Waals surface area contributed by atoms with Gasteiger partial charge in [0.25, 0.3) is 0 Å². The summed E-state index contributed by atoms with van der Waals surface area (Å²) in [5.41, 5.74) is 4.60. The molecule has 0 aromatic rings. The molecule has 0 aliphatic carbocycles. The van der Waals surface area contributed by atoms with Gasteiger partial charge in [0.2, 0.25) is 5.91 Å². The summed E-state index contributed by atoms with van der Waals surface area (Å²) in [5.74, 6) is -0.575. The fourth-order valence-electron chi connectivity index (χ4n) is 0.146. The highest BCUT2D eigenvalue weighted by Crippen LogP contribution is 1.64. The van der Waals surface area contributed by atoms with Crippen LogP contribution in [0, 0.1) is 0 Å². The molecule has 0 fully saturated rings. The molecule has 1 amide bonds. The number of amides is 1. The Kier molecular flexibility index (Phi) is 3.26. The molecule has 0 bridgehead atoms. The van der Waals surface area contributed by atoms with Crippen LogP contribution in [0.4, 0.5) is 0 Å². The average molecular weight is 105 g/mol. The molecule has 0 atom stereocenters. The summed E-state index contributed by atoms with van der Waals surface area (Å²) in [7, 11) is 0. The molecule has 4 nitrogen and oxygen atoms in total. The maximum absolute atomic E-state index is 9.74. The van der Waals surface area contributed by atoms with E-state index in [2.05, 4.69) is 10.5 Å². The molecule has 0 heterocycles. The molecule has 0 aromatic heterocycles. The zero-order valence-corrected chi connectivity index (χ0v) is 3.76. The van der Waals surface area contributed by atoms with E-state index >= 15 is 0 Å². The summed E-state index contributed by atoms with van der Waals surface area (Å²) in [6.07, 6.45) is 0. The normalized spacial score (nSPS) is 8.71. The fourth-order valence-corrected chi connectivity index (χ4v) is 0.146. The van der Waals surface area contributed by atoms with Crippen molar-refractivity contribution in [2.45, 2.75) is 0 Å². The van der Waals surface area contributed by atoms with Crippen LogP contribution in [0.1, 0.15) is 0 Å². The number of carbonyl (C=O) groups is 1. The molecule has 4 heteroatoms. The summed E-state index contributed by atoms with van der Waals surface area (Å²) in [5, 5.41) is 7.89. The van der Waals surface area contributed by atoms with Crippen LogP contribution in [0.25, 0.3) is 0 Å². The number of aliphatic hydroxyl groups is 1. The molecule has 0 aliphatic rings. The second-order valence-electron chi connectivity index (χ2n) is 0.944. The number of rotatable bonds is 3. The van der Waals surface area contributed by atoms with E-state index in [0.29, 0.717) is 0 Å². The molecular weight excluding hydrogens is 98.0 g/mol. The quantitative estimate of drug-likeness (QED) is 0.426. The van der Waals surface area contributed by atoms with Gasteiger partial charge < -0.3 is 15.6 Å². The highest BCUT2D eigenvalue weighted by Gasteiger charge is 1.88. The van der Waals surface area contributed by atoms with E-state index in [9.17, 15) is 4.79 Å². The second kappa shape index (κ2) is 3.58. The van der Waals surface area contributed by atoms with Crippen molar-refractivity contribution in [2.24, 2.45) is 5.73 Å². The summed E-state index contributed by atoms with van der Waals surface area (Å²) in [4.78, 5) is 9.74. The Hall–Kier alpha value is -0.610. The molecule has 0 radical (unpaired) electrons. The summed E-state index contributed by atoms with van der Waals surface area (Å²) >= 11 is 0. The SMILES string of the molecule is NC(=O)COCO. The maximum Gasteiger partial charge on any atom is 0.243 e. The Bertz CT molecular complexity index is 63.2. The monoisotopic (exact) mass is 105 g/mol. The molecule has 42 valence electrons. The van der Waals surface area contributed by atoms with Gasteiger partial charge in [-0.15, -0.1) is 0 Å². The second-order valence-corrected chi connectivity index (χ2v) is 0.944. The van der Waals surface area contributed by atoms with Crippen LogP contribution < -0.4 is 5.73 Å². The smallest absolute Gasteiger partial charge is 0.243 e. The highest BCUT2D eigenvalue weighted by atomic mass is 16.6. The van der Waals surface area contributed by atoms with E-state index in [1.165, 1.54) is 0 Å². The van der Waals surface area contributed by atoms with Gasteiger partial charge in [-0.1, -0.05) is 0 Å². The zero-order valence-electron chi connectivity index (χ0n) is 3.76. The Morgan fingerprint density at radius 2 is 2.43 bits per heavy atom. The van der Waals surface area contributed by atoms with E-state index in [4.69, 9.17) is 5.11 Å². The van der Waals surface area contributed by atoms with Crippen molar-refractivity contribution in [1.29, 1.82) is 0 Å². The molecule has 7 heavy (non-hydrogen) atoms. The van der Waals surface area contributed by atoms with Crippen molar-refractivity contribution >= 4 is 5.91 Å². The first kappa shape index (κ1) is 6.39. The Labute approximate surface area is 40.9 Å².